The van der Waals surface area contributed by atoms with Gasteiger partial charge >= 0.3 is 5.97 Å². The van der Waals surface area contributed by atoms with Crippen molar-refractivity contribution in [2.45, 2.75) is 105 Å². The molecule has 1 N–H and O–H groups in total. The topological polar surface area (TPSA) is 37.3 Å². The van der Waals surface area contributed by atoms with E-state index in [1.54, 1.807) is 0 Å². The number of hydrogen-bond acceptors (Lipinski definition) is 1. The monoisotopic (exact) mass is 326 g/mol. The molecule has 0 aromatic heterocycles. The van der Waals surface area contributed by atoms with Crippen LogP contribution in [0.25, 0.3) is 0 Å². The molecule has 0 bridgehead atoms. The Balaban J connectivity index is 4.28. The van der Waals surface area contributed by atoms with Gasteiger partial charge in [0.2, 0.25) is 0 Å². The number of carboxylic acids is 1. The Kier molecular flexibility index (Phi) is 13.5. The van der Waals surface area contributed by atoms with Gasteiger partial charge < -0.3 is 5.11 Å². The molecule has 3 atom stereocenters. The number of hydrogen-bond donors (Lipinski definition) is 1. The summed E-state index contributed by atoms with van der Waals surface area (Å²) in [6, 6.07) is 0. The molecule has 0 aliphatic rings. The molecule has 0 aliphatic heterocycles. The van der Waals surface area contributed by atoms with Crippen molar-refractivity contribution in [1.29, 1.82) is 0 Å². The Hall–Kier alpha value is -0.530. The second kappa shape index (κ2) is 13.9. The fourth-order valence-corrected chi connectivity index (χ4v) is 3.63. The van der Waals surface area contributed by atoms with Gasteiger partial charge in [-0.15, -0.1) is 0 Å². The van der Waals surface area contributed by atoms with Gasteiger partial charge in [0.15, 0.2) is 0 Å². The molecule has 0 aromatic rings. The van der Waals surface area contributed by atoms with E-state index in [9.17, 15) is 9.90 Å². The molecule has 0 radical (unpaired) electrons. The predicted octanol–water partition coefficient (Wildman–Crippen LogP) is 6.93. The van der Waals surface area contributed by atoms with Crippen molar-refractivity contribution in [1.82, 2.24) is 0 Å². The summed E-state index contributed by atoms with van der Waals surface area (Å²) in [5.74, 6) is 1.22. The molecule has 3 unspecified atom stereocenters. The molecule has 0 fully saturated rings. The third kappa shape index (κ3) is 12.5. The minimum Gasteiger partial charge on any atom is -0.481 e. The summed E-state index contributed by atoms with van der Waals surface area (Å²) >= 11 is 0. The van der Waals surface area contributed by atoms with Crippen molar-refractivity contribution in [3.05, 3.63) is 0 Å². The lowest BCUT2D eigenvalue weighted by molar-refractivity contribution is -0.143. The molecule has 138 valence electrons. The van der Waals surface area contributed by atoms with Gasteiger partial charge in [-0.3, -0.25) is 4.79 Å². The standard InChI is InChI=1S/C21H42O2/c1-6-8-14-19(11-7-2)16-20(21(22)23)15-18(5)13-10-9-12-17(3)4/h17-20H,6-16H2,1-5H3,(H,22,23). The normalized spacial score (nSPS) is 15.6. The van der Waals surface area contributed by atoms with Crippen LogP contribution in [0.3, 0.4) is 0 Å². The van der Waals surface area contributed by atoms with E-state index in [1.807, 2.05) is 0 Å². The molecule has 0 amide bonds. The minimum atomic E-state index is -0.573. The number of unbranched alkanes of at least 4 members (excludes halogenated alkanes) is 2. The van der Waals surface area contributed by atoms with Crippen LogP contribution in [0, 0.1) is 23.7 Å². The van der Waals surface area contributed by atoms with Crippen molar-refractivity contribution < 1.29 is 9.90 Å². The molecular formula is C21H42O2. The summed E-state index contributed by atoms with van der Waals surface area (Å²) in [7, 11) is 0. The Morgan fingerprint density at radius 3 is 2.00 bits per heavy atom. The van der Waals surface area contributed by atoms with Gasteiger partial charge in [-0.25, -0.2) is 0 Å². The Morgan fingerprint density at radius 1 is 0.826 bits per heavy atom. The number of carbonyl (C=O) groups is 1. The smallest absolute Gasteiger partial charge is 0.306 e. The summed E-state index contributed by atoms with van der Waals surface area (Å²) < 4.78 is 0. The molecule has 0 aromatic carbocycles. The van der Waals surface area contributed by atoms with Gasteiger partial charge in [-0.05, 0) is 30.6 Å². The van der Waals surface area contributed by atoms with Crippen LogP contribution in [0.2, 0.25) is 0 Å². The average Bonchev–Trinajstić information content (AvgIpc) is 2.48. The van der Waals surface area contributed by atoms with Crippen LogP contribution in [0.15, 0.2) is 0 Å². The van der Waals surface area contributed by atoms with Crippen molar-refractivity contribution in [3.8, 4) is 0 Å². The zero-order valence-electron chi connectivity index (χ0n) is 16.4. The molecule has 0 spiro atoms. The first-order valence-corrected chi connectivity index (χ1v) is 10.1. The third-order valence-electron chi connectivity index (χ3n) is 5.05. The molecule has 0 aliphatic carbocycles. The van der Waals surface area contributed by atoms with Crippen LogP contribution < -0.4 is 0 Å². The van der Waals surface area contributed by atoms with Crippen LogP contribution in [-0.4, -0.2) is 11.1 Å². The number of rotatable bonds is 15. The van der Waals surface area contributed by atoms with E-state index in [0.717, 1.165) is 18.8 Å². The number of aliphatic carboxylic acids is 1. The van der Waals surface area contributed by atoms with Gasteiger partial charge in [0.25, 0.3) is 0 Å². The molecule has 0 saturated heterocycles. The van der Waals surface area contributed by atoms with Crippen molar-refractivity contribution in [2.75, 3.05) is 0 Å². The van der Waals surface area contributed by atoms with Crippen LogP contribution >= 0.6 is 0 Å². The zero-order chi connectivity index (χ0) is 17.7. The van der Waals surface area contributed by atoms with E-state index in [0.29, 0.717) is 11.8 Å². The van der Waals surface area contributed by atoms with Crippen LogP contribution in [0.1, 0.15) is 105 Å². The molecular weight excluding hydrogens is 284 g/mol. The van der Waals surface area contributed by atoms with Crippen LogP contribution in [0.4, 0.5) is 0 Å². The van der Waals surface area contributed by atoms with Gasteiger partial charge in [0.05, 0.1) is 5.92 Å². The average molecular weight is 327 g/mol. The van der Waals surface area contributed by atoms with E-state index >= 15 is 0 Å². The van der Waals surface area contributed by atoms with E-state index in [-0.39, 0.29) is 5.92 Å². The van der Waals surface area contributed by atoms with Gasteiger partial charge in [-0.1, -0.05) is 92.4 Å². The SMILES string of the molecule is CCCCC(CCC)CC(CC(C)CCCCC(C)C)C(=O)O. The summed E-state index contributed by atoms with van der Waals surface area (Å²) in [4.78, 5) is 11.7. The molecule has 0 rings (SSSR count). The summed E-state index contributed by atoms with van der Waals surface area (Å²) in [6.45, 7) is 11.2. The lowest BCUT2D eigenvalue weighted by Crippen LogP contribution is -2.20. The molecule has 0 heterocycles. The van der Waals surface area contributed by atoms with Gasteiger partial charge in [0, 0.05) is 0 Å². The maximum atomic E-state index is 11.7. The lowest BCUT2D eigenvalue weighted by atomic mass is 9.82. The predicted molar refractivity (Wildman–Crippen MR) is 101 cm³/mol. The highest BCUT2D eigenvalue weighted by Crippen LogP contribution is 2.29. The molecule has 2 nitrogen and oxygen atoms in total. The highest BCUT2D eigenvalue weighted by molar-refractivity contribution is 5.69. The van der Waals surface area contributed by atoms with E-state index < -0.39 is 5.97 Å². The van der Waals surface area contributed by atoms with E-state index in [4.69, 9.17) is 0 Å². The van der Waals surface area contributed by atoms with Crippen molar-refractivity contribution in [3.63, 3.8) is 0 Å². The maximum Gasteiger partial charge on any atom is 0.306 e. The van der Waals surface area contributed by atoms with Crippen LogP contribution in [-0.2, 0) is 4.79 Å². The second-order valence-corrected chi connectivity index (χ2v) is 8.09. The fraction of sp³-hybridized carbons (Fsp3) is 0.952. The highest BCUT2D eigenvalue weighted by atomic mass is 16.4. The van der Waals surface area contributed by atoms with Crippen molar-refractivity contribution >= 4 is 5.97 Å². The maximum absolute atomic E-state index is 11.7. The minimum absolute atomic E-state index is 0.136. The second-order valence-electron chi connectivity index (χ2n) is 8.09. The first-order valence-electron chi connectivity index (χ1n) is 10.1. The van der Waals surface area contributed by atoms with Gasteiger partial charge in [-0.2, -0.15) is 0 Å². The third-order valence-corrected chi connectivity index (χ3v) is 5.05. The molecule has 2 heteroatoms. The Labute approximate surface area is 145 Å². The first-order chi connectivity index (χ1) is 10.9. The van der Waals surface area contributed by atoms with E-state index in [2.05, 4.69) is 34.6 Å². The Bertz CT molecular complexity index is 286. The van der Waals surface area contributed by atoms with Crippen molar-refractivity contribution in [2.24, 2.45) is 23.7 Å². The largest absolute Gasteiger partial charge is 0.481 e. The molecule has 0 saturated carbocycles. The quantitative estimate of drug-likeness (QED) is 0.331. The first kappa shape index (κ1) is 22.5. The van der Waals surface area contributed by atoms with Crippen LogP contribution in [0.5, 0.6) is 0 Å². The zero-order valence-corrected chi connectivity index (χ0v) is 16.4. The Morgan fingerprint density at radius 2 is 1.48 bits per heavy atom. The summed E-state index contributed by atoms with van der Waals surface area (Å²) in [5, 5.41) is 9.61. The molecule has 23 heavy (non-hydrogen) atoms. The van der Waals surface area contributed by atoms with Gasteiger partial charge in [0.1, 0.15) is 0 Å². The fourth-order valence-electron chi connectivity index (χ4n) is 3.63. The summed E-state index contributed by atoms with van der Waals surface area (Å²) in [6.07, 6.45) is 12.8. The number of carboxylic acid groups (broad SMARTS) is 1. The van der Waals surface area contributed by atoms with E-state index in [1.165, 1.54) is 57.8 Å². The highest BCUT2D eigenvalue weighted by Gasteiger charge is 2.24. The summed E-state index contributed by atoms with van der Waals surface area (Å²) in [5.41, 5.74) is 0. The lowest BCUT2D eigenvalue weighted by Gasteiger charge is -2.23.